The predicted molar refractivity (Wildman–Crippen MR) is 56.3 cm³/mol. The molecule has 1 rings (SSSR count). The van der Waals surface area contributed by atoms with E-state index in [0.29, 0.717) is 10.6 Å². The summed E-state index contributed by atoms with van der Waals surface area (Å²) in [6.07, 6.45) is 0. The minimum atomic E-state index is -1.09. The van der Waals surface area contributed by atoms with Crippen LogP contribution < -0.4 is 0 Å². The Labute approximate surface area is 96.4 Å². The lowest BCUT2D eigenvalue weighted by Crippen LogP contribution is -2.10. The molecule has 0 spiro atoms. The standard InChI is InChI=1S/C9H7Cl2N2O2/c1-15-9(14)8(13-12)5-2-3-6(10)7(11)4-5/h2-4,8H,1H3/q+1. The van der Waals surface area contributed by atoms with Gasteiger partial charge in [0.1, 0.15) is 4.98 Å². The molecule has 0 heterocycles. The van der Waals surface area contributed by atoms with Crippen molar-refractivity contribution in [2.75, 3.05) is 7.11 Å². The van der Waals surface area contributed by atoms with E-state index in [1.54, 1.807) is 0 Å². The van der Waals surface area contributed by atoms with Crippen molar-refractivity contribution < 1.29 is 9.53 Å². The summed E-state index contributed by atoms with van der Waals surface area (Å²) in [7, 11) is 1.21. The van der Waals surface area contributed by atoms with Crippen molar-refractivity contribution in [1.82, 2.24) is 0 Å². The second kappa shape index (κ2) is 4.96. The molecule has 1 atom stereocenters. The summed E-state index contributed by atoms with van der Waals surface area (Å²) < 4.78 is 4.46. The van der Waals surface area contributed by atoms with Gasteiger partial charge < -0.3 is 4.74 Å². The van der Waals surface area contributed by atoms with Gasteiger partial charge in [0.05, 0.1) is 22.7 Å². The van der Waals surface area contributed by atoms with Gasteiger partial charge in [0.25, 0.3) is 0 Å². The summed E-state index contributed by atoms with van der Waals surface area (Å²) in [6, 6.07) is 3.41. The molecule has 0 aliphatic carbocycles. The Kier molecular flexibility index (Phi) is 3.89. The Morgan fingerprint density at radius 1 is 1.47 bits per heavy atom. The highest BCUT2D eigenvalue weighted by atomic mass is 35.5. The number of carbonyl (C=O) groups excluding carboxylic acids is 1. The maximum atomic E-state index is 11.2. The zero-order valence-electron chi connectivity index (χ0n) is 7.78. The zero-order valence-corrected chi connectivity index (χ0v) is 9.29. The van der Waals surface area contributed by atoms with Crippen LogP contribution in [0.5, 0.6) is 0 Å². The van der Waals surface area contributed by atoms with Crippen molar-refractivity contribution >= 4 is 29.2 Å². The minimum absolute atomic E-state index is 0.284. The number of hydrogen-bond acceptors (Lipinski definition) is 3. The molecule has 1 unspecified atom stereocenters. The molecule has 78 valence electrons. The van der Waals surface area contributed by atoms with Crippen LogP contribution in [0, 0.1) is 5.39 Å². The summed E-state index contributed by atoms with van der Waals surface area (Å²) in [5, 5.41) is 9.34. The third kappa shape index (κ3) is 2.58. The summed E-state index contributed by atoms with van der Waals surface area (Å²) in [6.45, 7) is 0. The minimum Gasteiger partial charge on any atom is -0.463 e. The number of diazo groups is 1. The van der Waals surface area contributed by atoms with Gasteiger partial charge in [0, 0.05) is 0 Å². The van der Waals surface area contributed by atoms with Crippen molar-refractivity contribution in [3.05, 3.63) is 38.8 Å². The van der Waals surface area contributed by atoms with Gasteiger partial charge in [-0.2, -0.15) is 0 Å². The summed E-state index contributed by atoms with van der Waals surface area (Å²) in [5.74, 6) is -0.670. The third-order valence-electron chi connectivity index (χ3n) is 1.80. The van der Waals surface area contributed by atoms with E-state index in [9.17, 15) is 4.79 Å². The van der Waals surface area contributed by atoms with Crippen molar-refractivity contribution in [2.45, 2.75) is 6.04 Å². The van der Waals surface area contributed by atoms with Gasteiger partial charge in [0.15, 0.2) is 0 Å². The van der Waals surface area contributed by atoms with Crippen LogP contribution in [0.3, 0.4) is 0 Å². The fourth-order valence-electron chi connectivity index (χ4n) is 1.04. The van der Waals surface area contributed by atoms with Crippen LogP contribution in [0.15, 0.2) is 18.2 Å². The smallest absolute Gasteiger partial charge is 0.433 e. The number of rotatable bonds is 2. The lowest BCUT2D eigenvalue weighted by atomic mass is 10.1. The Morgan fingerprint density at radius 2 is 2.13 bits per heavy atom. The number of nitrogens with zero attached hydrogens (tertiary/aromatic N) is 2. The van der Waals surface area contributed by atoms with Gasteiger partial charge in [-0.15, -0.1) is 0 Å². The van der Waals surface area contributed by atoms with Gasteiger partial charge in [-0.1, -0.05) is 23.2 Å². The topological polar surface area (TPSA) is 54.5 Å². The Bertz CT molecular complexity index is 429. The molecule has 0 saturated carbocycles. The van der Waals surface area contributed by atoms with E-state index in [-0.39, 0.29) is 5.02 Å². The largest absolute Gasteiger partial charge is 0.463 e. The van der Waals surface area contributed by atoms with Crippen molar-refractivity contribution in [1.29, 1.82) is 5.39 Å². The van der Waals surface area contributed by atoms with Gasteiger partial charge in [0.2, 0.25) is 5.39 Å². The first-order chi connectivity index (χ1) is 7.10. The van der Waals surface area contributed by atoms with Gasteiger partial charge in [-0.05, 0) is 18.2 Å². The second-order valence-corrected chi connectivity index (χ2v) is 3.53. The summed E-state index contributed by atoms with van der Waals surface area (Å²) >= 11 is 11.5. The molecule has 0 saturated heterocycles. The van der Waals surface area contributed by atoms with Crippen molar-refractivity contribution in [2.24, 2.45) is 0 Å². The Hall–Kier alpha value is -1.31. The van der Waals surface area contributed by atoms with Crippen molar-refractivity contribution in [3.63, 3.8) is 0 Å². The fraction of sp³-hybridized carbons (Fsp3) is 0.222. The number of carbonyl (C=O) groups is 1. The van der Waals surface area contributed by atoms with Gasteiger partial charge in [-0.25, -0.2) is 4.79 Å². The lowest BCUT2D eigenvalue weighted by molar-refractivity contribution is -0.141. The van der Waals surface area contributed by atoms with E-state index in [1.807, 2.05) is 0 Å². The molecule has 0 aromatic heterocycles. The molecule has 0 fully saturated rings. The number of halogens is 2. The first-order valence-electron chi connectivity index (χ1n) is 3.97. The average molecular weight is 246 g/mol. The van der Waals surface area contributed by atoms with E-state index < -0.39 is 12.0 Å². The average Bonchev–Trinajstić information content (AvgIpc) is 2.24. The lowest BCUT2D eigenvalue weighted by Gasteiger charge is -2.00. The van der Waals surface area contributed by atoms with E-state index in [0.717, 1.165) is 0 Å². The normalized spacial score (nSPS) is 11.6. The third-order valence-corrected chi connectivity index (χ3v) is 2.54. The maximum absolute atomic E-state index is 11.2. The number of ether oxygens (including phenoxy) is 1. The molecule has 1 aromatic rings. The second-order valence-electron chi connectivity index (χ2n) is 2.71. The van der Waals surface area contributed by atoms with E-state index in [4.69, 9.17) is 28.6 Å². The molecule has 4 nitrogen and oxygen atoms in total. The maximum Gasteiger partial charge on any atom is 0.433 e. The van der Waals surface area contributed by atoms with Crippen LogP contribution in [0.25, 0.3) is 4.98 Å². The fourth-order valence-corrected chi connectivity index (χ4v) is 1.35. The van der Waals surface area contributed by atoms with Crippen LogP contribution in [-0.2, 0) is 9.53 Å². The SMILES string of the molecule is COC(=O)C([N+]#N)c1ccc(Cl)c(Cl)c1. The monoisotopic (exact) mass is 245 g/mol. The zero-order chi connectivity index (χ0) is 11.4. The first-order valence-corrected chi connectivity index (χ1v) is 4.72. The molecule has 0 aliphatic heterocycles. The molecule has 0 aliphatic rings. The highest BCUT2D eigenvalue weighted by Crippen LogP contribution is 2.27. The van der Waals surface area contributed by atoms with Crippen LogP contribution in [-0.4, -0.2) is 13.1 Å². The van der Waals surface area contributed by atoms with E-state index in [2.05, 4.69) is 9.71 Å². The quantitative estimate of drug-likeness (QED) is 0.595. The van der Waals surface area contributed by atoms with Crippen molar-refractivity contribution in [3.8, 4) is 0 Å². The van der Waals surface area contributed by atoms with Crippen LogP contribution in [0.1, 0.15) is 11.6 Å². The molecule has 6 heteroatoms. The van der Waals surface area contributed by atoms with E-state index in [1.165, 1.54) is 25.3 Å². The predicted octanol–water partition coefficient (Wildman–Crippen LogP) is 3.06. The number of esters is 1. The number of hydrogen-bond donors (Lipinski definition) is 0. The highest BCUT2D eigenvalue weighted by Gasteiger charge is 2.34. The van der Waals surface area contributed by atoms with Gasteiger partial charge >= 0.3 is 12.0 Å². The molecular weight excluding hydrogens is 239 g/mol. The molecule has 15 heavy (non-hydrogen) atoms. The van der Waals surface area contributed by atoms with Crippen LogP contribution >= 0.6 is 23.2 Å². The molecule has 0 amide bonds. The molecule has 1 aromatic carbocycles. The highest BCUT2D eigenvalue weighted by molar-refractivity contribution is 6.42. The van der Waals surface area contributed by atoms with Gasteiger partial charge in [-0.3, -0.25) is 0 Å². The number of methoxy groups -OCH3 is 1. The number of benzene rings is 1. The first kappa shape index (κ1) is 11.8. The molecule has 0 bridgehead atoms. The Balaban J connectivity index is 3.09. The molecule has 0 N–H and O–H groups in total. The van der Waals surface area contributed by atoms with E-state index >= 15 is 0 Å². The molecular formula is C9H7Cl2N2O2+. The Morgan fingerprint density at radius 3 is 2.60 bits per heavy atom. The summed E-state index contributed by atoms with van der Waals surface area (Å²) in [5.41, 5.74) is 0.416. The van der Waals surface area contributed by atoms with Crippen LogP contribution in [0.4, 0.5) is 0 Å². The molecule has 0 radical (unpaired) electrons. The summed E-state index contributed by atoms with van der Waals surface area (Å²) in [4.78, 5) is 14.1. The van der Waals surface area contributed by atoms with Crippen LogP contribution in [0.2, 0.25) is 10.0 Å².